The summed E-state index contributed by atoms with van der Waals surface area (Å²) in [6, 6.07) is 0. The zero-order valence-corrected chi connectivity index (χ0v) is 12.8. The molecular formula is C13H16BrN3O3. The van der Waals surface area contributed by atoms with Crippen LogP contribution in [-0.2, 0) is 16.0 Å². The van der Waals surface area contributed by atoms with E-state index in [1.165, 1.54) is 4.68 Å². The van der Waals surface area contributed by atoms with Crippen molar-refractivity contribution in [2.24, 2.45) is 0 Å². The Labute approximate surface area is 125 Å². The minimum Gasteiger partial charge on any atom is -0.380 e. The maximum absolute atomic E-state index is 12.0. The van der Waals surface area contributed by atoms with Crippen molar-refractivity contribution in [1.29, 1.82) is 0 Å². The fourth-order valence-electron chi connectivity index (χ4n) is 2.00. The molecule has 0 bridgehead atoms. The van der Waals surface area contributed by atoms with E-state index in [9.17, 15) is 4.79 Å². The number of hydrogen-bond acceptors (Lipinski definition) is 5. The van der Waals surface area contributed by atoms with E-state index in [2.05, 4.69) is 32.3 Å². The molecule has 7 heteroatoms. The second-order valence-electron chi connectivity index (χ2n) is 4.58. The zero-order valence-electron chi connectivity index (χ0n) is 11.2. The van der Waals surface area contributed by atoms with Crippen LogP contribution in [0.1, 0.15) is 6.42 Å². The number of methoxy groups -OCH3 is 1. The van der Waals surface area contributed by atoms with Crippen LogP contribution in [0.5, 0.6) is 0 Å². The first-order valence-electron chi connectivity index (χ1n) is 6.18. The highest BCUT2D eigenvalue weighted by Gasteiger charge is 2.34. The van der Waals surface area contributed by atoms with Gasteiger partial charge >= 0.3 is 0 Å². The van der Waals surface area contributed by atoms with Gasteiger partial charge < -0.3 is 14.8 Å². The van der Waals surface area contributed by atoms with Crippen LogP contribution in [0.3, 0.4) is 0 Å². The van der Waals surface area contributed by atoms with Gasteiger partial charge in [0.25, 0.3) is 5.56 Å². The Morgan fingerprint density at radius 1 is 1.75 bits per heavy atom. The number of terminal acetylenes is 1. The molecule has 1 N–H and O–H groups in total. The number of nitrogens with one attached hydrogen (secondary N) is 1. The van der Waals surface area contributed by atoms with E-state index >= 15 is 0 Å². The van der Waals surface area contributed by atoms with Crippen molar-refractivity contribution in [3.63, 3.8) is 0 Å². The molecule has 1 saturated heterocycles. The van der Waals surface area contributed by atoms with E-state index in [0.717, 1.165) is 6.42 Å². The molecule has 2 heterocycles. The van der Waals surface area contributed by atoms with Crippen molar-refractivity contribution >= 4 is 21.6 Å². The van der Waals surface area contributed by atoms with Gasteiger partial charge in [0.1, 0.15) is 16.6 Å². The van der Waals surface area contributed by atoms with Gasteiger partial charge in [-0.05, 0) is 15.9 Å². The van der Waals surface area contributed by atoms with Crippen molar-refractivity contribution in [2.75, 3.05) is 32.2 Å². The largest absolute Gasteiger partial charge is 0.380 e. The monoisotopic (exact) mass is 341 g/mol. The first-order chi connectivity index (χ1) is 9.62. The van der Waals surface area contributed by atoms with Crippen LogP contribution in [0.25, 0.3) is 0 Å². The van der Waals surface area contributed by atoms with Gasteiger partial charge in [-0.1, -0.05) is 5.92 Å². The predicted molar refractivity (Wildman–Crippen MR) is 78.7 cm³/mol. The molecule has 1 aliphatic rings. The number of hydrogen-bond donors (Lipinski definition) is 1. The van der Waals surface area contributed by atoms with Crippen molar-refractivity contribution in [1.82, 2.24) is 9.78 Å². The van der Waals surface area contributed by atoms with Gasteiger partial charge in [0.05, 0.1) is 18.5 Å². The Morgan fingerprint density at radius 3 is 3.15 bits per heavy atom. The SMILES string of the molecule is C#CCn1ncc(NCC2(OC)CCOC2)c(Br)c1=O. The van der Waals surface area contributed by atoms with Gasteiger partial charge in [-0.25, -0.2) is 4.68 Å². The molecule has 1 aromatic rings. The van der Waals surface area contributed by atoms with Gasteiger partial charge in [-0.15, -0.1) is 6.42 Å². The second kappa shape index (κ2) is 6.39. The van der Waals surface area contributed by atoms with E-state index < -0.39 is 0 Å². The molecular weight excluding hydrogens is 326 g/mol. The lowest BCUT2D eigenvalue weighted by Gasteiger charge is -2.26. The van der Waals surface area contributed by atoms with Crippen LogP contribution in [-0.4, -0.2) is 42.2 Å². The van der Waals surface area contributed by atoms with Crippen molar-refractivity contribution in [2.45, 2.75) is 18.6 Å². The Kier molecular flexibility index (Phi) is 4.81. The van der Waals surface area contributed by atoms with Crippen molar-refractivity contribution < 1.29 is 9.47 Å². The molecule has 20 heavy (non-hydrogen) atoms. The van der Waals surface area contributed by atoms with E-state index in [-0.39, 0.29) is 17.7 Å². The predicted octanol–water partition coefficient (Wildman–Crippen LogP) is 0.856. The van der Waals surface area contributed by atoms with Crippen LogP contribution in [0.15, 0.2) is 15.5 Å². The summed E-state index contributed by atoms with van der Waals surface area (Å²) in [5.41, 5.74) is 0.00121. The van der Waals surface area contributed by atoms with Gasteiger partial charge in [0.2, 0.25) is 0 Å². The van der Waals surface area contributed by atoms with Crippen molar-refractivity contribution in [3.8, 4) is 12.3 Å². The second-order valence-corrected chi connectivity index (χ2v) is 5.38. The Hall–Kier alpha value is -1.36. The maximum atomic E-state index is 12.0. The number of aromatic nitrogens is 2. The zero-order chi connectivity index (χ0) is 14.6. The summed E-state index contributed by atoms with van der Waals surface area (Å²) in [5, 5.41) is 7.20. The highest BCUT2D eigenvalue weighted by molar-refractivity contribution is 9.10. The number of rotatable bonds is 5. The third-order valence-electron chi connectivity index (χ3n) is 3.33. The molecule has 1 fully saturated rings. The third kappa shape index (κ3) is 3.03. The van der Waals surface area contributed by atoms with Gasteiger partial charge in [0.15, 0.2) is 0 Å². The van der Waals surface area contributed by atoms with Gasteiger partial charge in [-0.2, -0.15) is 5.10 Å². The van der Waals surface area contributed by atoms with E-state index in [1.807, 2.05) is 0 Å². The van der Waals surface area contributed by atoms with Crippen LogP contribution < -0.4 is 10.9 Å². The van der Waals surface area contributed by atoms with Crippen LogP contribution in [0, 0.1) is 12.3 Å². The topological polar surface area (TPSA) is 65.4 Å². The maximum Gasteiger partial charge on any atom is 0.284 e. The van der Waals surface area contributed by atoms with E-state index in [1.54, 1.807) is 13.3 Å². The highest BCUT2D eigenvalue weighted by Crippen LogP contribution is 2.24. The summed E-state index contributed by atoms with van der Waals surface area (Å²) >= 11 is 3.27. The molecule has 0 aromatic carbocycles. The smallest absolute Gasteiger partial charge is 0.284 e. The molecule has 1 unspecified atom stereocenters. The molecule has 0 saturated carbocycles. The fraction of sp³-hybridized carbons (Fsp3) is 0.538. The molecule has 0 aliphatic carbocycles. The van der Waals surface area contributed by atoms with Crippen LogP contribution in [0.2, 0.25) is 0 Å². The first kappa shape index (κ1) is 15.0. The van der Waals surface area contributed by atoms with Crippen molar-refractivity contribution in [3.05, 3.63) is 21.0 Å². The summed E-state index contributed by atoms with van der Waals surface area (Å²) in [5.74, 6) is 2.39. The Morgan fingerprint density at radius 2 is 2.55 bits per heavy atom. The molecule has 2 rings (SSSR count). The molecule has 1 atom stereocenters. The van der Waals surface area contributed by atoms with Gasteiger partial charge in [0, 0.05) is 26.7 Å². The minimum absolute atomic E-state index is 0.146. The molecule has 0 amide bonds. The Bertz CT molecular complexity index is 573. The normalized spacial score (nSPS) is 21.6. The summed E-state index contributed by atoms with van der Waals surface area (Å²) < 4.78 is 12.5. The number of ether oxygens (including phenoxy) is 2. The first-order valence-corrected chi connectivity index (χ1v) is 6.97. The van der Waals surface area contributed by atoms with E-state index in [0.29, 0.717) is 29.9 Å². The summed E-state index contributed by atoms with van der Waals surface area (Å²) in [7, 11) is 1.66. The highest BCUT2D eigenvalue weighted by atomic mass is 79.9. The quantitative estimate of drug-likeness (QED) is 0.804. The summed E-state index contributed by atoms with van der Waals surface area (Å²) in [6.45, 7) is 1.91. The summed E-state index contributed by atoms with van der Waals surface area (Å²) in [6.07, 6.45) is 7.57. The standard InChI is InChI=1S/C13H16BrN3O3/c1-3-5-17-12(18)11(14)10(7-16-17)15-8-13(19-2)4-6-20-9-13/h1,7,15H,4-6,8-9H2,2H3. The minimum atomic E-state index is -0.354. The molecule has 108 valence electrons. The lowest BCUT2D eigenvalue weighted by Crippen LogP contribution is -2.40. The summed E-state index contributed by atoms with van der Waals surface area (Å²) in [4.78, 5) is 12.0. The fourth-order valence-corrected chi connectivity index (χ4v) is 2.45. The Balaban J connectivity index is 2.13. The molecule has 1 aromatic heterocycles. The van der Waals surface area contributed by atoms with Crippen LogP contribution >= 0.6 is 15.9 Å². The third-order valence-corrected chi connectivity index (χ3v) is 4.09. The number of halogens is 1. The lowest BCUT2D eigenvalue weighted by atomic mass is 10.0. The van der Waals surface area contributed by atoms with E-state index in [4.69, 9.17) is 15.9 Å². The molecule has 1 aliphatic heterocycles. The van der Waals surface area contributed by atoms with Gasteiger partial charge in [-0.3, -0.25) is 4.79 Å². The average molecular weight is 342 g/mol. The lowest BCUT2D eigenvalue weighted by molar-refractivity contribution is -0.00621. The molecule has 6 nitrogen and oxygen atoms in total. The molecule has 0 spiro atoms. The van der Waals surface area contributed by atoms with Crippen LogP contribution in [0.4, 0.5) is 5.69 Å². The number of anilines is 1. The average Bonchev–Trinajstić information content (AvgIpc) is 2.93. The molecule has 0 radical (unpaired) electrons. The number of nitrogens with zero attached hydrogens (tertiary/aromatic N) is 2.